The van der Waals surface area contributed by atoms with Gasteiger partial charge in [-0.05, 0) is 39.8 Å². The summed E-state index contributed by atoms with van der Waals surface area (Å²) in [7, 11) is 0. The topological polar surface area (TPSA) is 29.9 Å². The highest BCUT2D eigenvalue weighted by Crippen LogP contribution is 2.24. The molecule has 0 aliphatic carbocycles. The molecule has 2 aromatic heterocycles. The molecule has 0 aliphatic rings. The lowest BCUT2D eigenvalue weighted by atomic mass is 10.1. The normalized spacial score (nSPS) is 12.9. The number of nitrogens with zero attached hydrogens (tertiary/aromatic N) is 2. The van der Waals surface area contributed by atoms with Crippen molar-refractivity contribution in [1.29, 1.82) is 0 Å². The molecule has 19 heavy (non-hydrogen) atoms. The minimum Gasteiger partial charge on any atom is -0.305 e. The molecule has 1 N–H and O–H groups in total. The van der Waals surface area contributed by atoms with Gasteiger partial charge in [0.15, 0.2) is 0 Å². The molecule has 1 atom stereocenters. The van der Waals surface area contributed by atoms with Crippen molar-refractivity contribution in [2.45, 2.75) is 46.8 Å². The van der Waals surface area contributed by atoms with E-state index in [2.05, 4.69) is 48.9 Å². The fraction of sp³-hybridized carbons (Fsp3) is 0.500. The summed E-state index contributed by atoms with van der Waals surface area (Å²) in [6, 6.07) is 4.31. The van der Waals surface area contributed by atoms with E-state index in [1.807, 2.05) is 6.07 Å². The van der Waals surface area contributed by atoms with Crippen LogP contribution >= 0.6 is 22.9 Å². The number of halogens is 1. The van der Waals surface area contributed by atoms with E-state index in [1.165, 1.54) is 16.1 Å². The molecule has 0 radical (unpaired) electrons. The van der Waals surface area contributed by atoms with E-state index in [9.17, 15) is 0 Å². The van der Waals surface area contributed by atoms with E-state index in [-0.39, 0.29) is 0 Å². The summed E-state index contributed by atoms with van der Waals surface area (Å²) >= 11 is 7.57. The quantitative estimate of drug-likeness (QED) is 0.901. The lowest BCUT2D eigenvalue weighted by Crippen LogP contribution is -2.18. The Labute approximate surface area is 123 Å². The van der Waals surface area contributed by atoms with Gasteiger partial charge in [-0.3, -0.25) is 4.68 Å². The molecule has 2 rings (SSSR count). The first-order chi connectivity index (χ1) is 9.02. The standard InChI is InChI=1S/C14H20ClN3S/c1-5-18-11(4)14(10(3)17-18)9(2)16-8-12-6-7-13(15)19-12/h6-7,9,16H,5,8H2,1-4H3. The van der Waals surface area contributed by atoms with Crippen LogP contribution in [0.4, 0.5) is 0 Å². The van der Waals surface area contributed by atoms with Crippen molar-refractivity contribution in [3.8, 4) is 0 Å². The number of aryl methyl sites for hydroxylation is 2. The van der Waals surface area contributed by atoms with Crippen molar-refractivity contribution in [1.82, 2.24) is 15.1 Å². The van der Waals surface area contributed by atoms with Gasteiger partial charge in [0.1, 0.15) is 0 Å². The summed E-state index contributed by atoms with van der Waals surface area (Å²) in [5.74, 6) is 0. The molecule has 0 aliphatic heterocycles. The smallest absolute Gasteiger partial charge is 0.0931 e. The van der Waals surface area contributed by atoms with Crippen molar-refractivity contribution < 1.29 is 0 Å². The van der Waals surface area contributed by atoms with Crippen molar-refractivity contribution in [3.05, 3.63) is 38.3 Å². The largest absolute Gasteiger partial charge is 0.305 e. The van der Waals surface area contributed by atoms with Gasteiger partial charge >= 0.3 is 0 Å². The number of nitrogens with one attached hydrogen (secondary N) is 1. The maximum Gasteiger partial charge on any atom is 0.0931 e. The van der Waals surface area contributed by atoms with E-state index in [0.29, 0.717) is 6.04 Å². The Bertz CT molecular complexity index is 559. The minimum absolute atomic E-state index is 0.293. The van der Waals surface area contributed by atoms with Crippen molar-refractivity contribution in [3.63, 3.8) is 0 Å². The van der Waals surface area contributed by atoms with Crippen LogP contribution in [-0.4, -0.2) is 9.78 Å². The summed E-state index contributed by atoms with van der Waals surface area (Å²) in [5.41, 5.74) is 3.68. The van der Waals surface area contributed by atoms with Gasteiger partial charge < -0.3 is 5.32 Å². The third kappa shape index (κ3) is 3.19. The van der Waals surface area contributed by atoms with Crippen molar-refractivity contribution >= 4 is 22.9 Å². The molecule has 0 amide bonds. The molecule has 0 aromatic carbocycles. The second-order valence-electron chi connectivity index (χ2n) is 4.71. The zero-order chi connectivity index (χ0) is 14.0. The molecule has 5 heteroatoms. The fourth-order valence-corrected chi connectivity index (χ4v) is 3.49. The van der Waals surface area contributed by atoms with Gasteiger partial charge in [0.05, 0.1) is 10.0 Å². The van der Waals surface area contributed by atoms with E-state index in [1.54, 1.807) is 11.3 Å². The summed E-state index contributed by atoms with van der Waals surface area (Å²) in [5, 5.41) is 8.11. The van der Waals surface area contributed by atoms with Gasteiger partial charge in [-0.2, -0.15) is 5.10 Å². The zero-order valence-electron chi connectivity index (χ0n) is 11.8. The van der Waals surface area contributed by atoms with Crippen LogP contribution in [0, 0.1) is 13.8 Å². The van der Waals surface area contributed by atoms with Crippen LogP contribution in [-0.2, 0) is 13.1 Å². The molecule has 0 saturated carbocycles. The van der Waals surface area contributed by atoms with E-state index < -0.39 is 0 Å². The molecule has 1 unspecified atom stereocenters. The van der Waals surface area contributed by atoms with E-state index in [0.717, 1.165) is 23.1 Å². The molecule has 104 valence electrons. The Kier molecular flexibility index (Phi) is 4.66. The molecule has 0 bridgehead atoms. The van der Waals surface area contributed by atoms with Crippen molar-refractivity contribution in [2.75, 3.05) is 0 Å². The van der Waals surface area contributed by atoms with Crippen LogP contribution in [0.3, 0.4) is 0 Å². The number of aromatic nitrogens is 2. The zero-order valence-corrected chi connectivity index (χ0v) is 13.4. The minimum atomic E-state index is 0.293. The van der Waals surface area contributed by atoms with Gasteiger partial charge in [0.2, 0.25) is 0 Å². The van der Waals surface area contributed by atoms with Crippen LogP contribution in [0.25, 0.3) is 0 Å². The fourth-order valence-electron chi connectivity index (χ4n) is 2.45. The summed E-state index contributed by atoms with van der Waals surface area (Å²) in [4.78, 5) is 1.26. The van der Waals surface area contributed by atoms with Crippen LogP contribution in [0.5, 0.6) is 0 Å². The highest BCUT2D eigenvalue weighted by atomic mass is 35.5. The summed E-state index contributed by atoms with van der Waals surface area (Å²) in [6.07, 6.45) is 0. The predicted molar refractivity (Wildman–Crippen MR) is 82.0 cm³/mol. The summed E-state index contributed by atoms with van der Waals surface area (Å²) < 4.78 is 2.90. The van der Waals surface area contributed by atoms with Gasteiger partial charge in [-0.25, -0.2) is 0 Å². The molecule has 0 saturated heterocycles. The van der Waals surface area contributed by atoms with Gasteiger partial charge in [0, 0.05) is 35.3 Å². The molecular weight excluding hydrogens is 278 g/mol. The molecule has 2 heterocycles. The number of thiophene rings is 1. The Morgan fingerprint density at radius 2 is 2.16 bits per heavy atom. The predicted octanol–water partition coefficient (Wildman–Crippen LogP) is 4.09. The number of hydrogen-bond donors (Lipinski definition) is 1. The number of hydrogen-bond acceptors (Lipinski definition) is 3. The lowest BCUT2D eigenvalue weighted by Gasteiger charge is -2.14. The average Bonchev–Trinajstić information content (AvgIpc) is 2.90. The molecule has 3 nitrogen and oxygen atoms in total. The molecule has 2 aromatic rings. The van der Waals surface area contributed by atoms with Crippen LogP contribution in [0.15, 0.2) is 12.1 Å². The Balaban J connectivity index is 2.07. The molecular formula is C14H20ClN3S. The van der Waals surface area contributed by atoms with Crippen LogP contribution in [0.1, 0.15) is 41.7 Å². The first-order valence-corrected chi connectivity index (χ1v) is 7.73. The third-order valence-electron chi connectivity index (χ3n) is 3.38. The SMILES string of the molecule is CCn1nc(C)c(C(C)NCc2ccc(Cl)s2)c1C. The molecule has 0 fully saturated rings. The van der Waals surface area contributed by atoms with Crippen LogP contribution in [0.2, 0.25) is 4.34 Å². The van der Waals surface area contributed by atoms with Crippen LogP contribution < -0.4 is 5.32 Å². The average molecular weight is 298 g/mol. The first-order valence-electron chi connectivity index (χ1n) is 6.54. The van der Waals surface area contributed by atoms with Gasteiger partial charge in [-0.15, -0.1) is 11.3 Å². The Morgan fingerprint density at radius 1 is 1.42 bits per heavy atom. The molecule has 0 spiro atoms. The van der Waals surface area contributed by atoms with Crippen molar-refractivity contribution in [2.24, 2.45) is 0 Å². The van der Waals surface area contributed by atoms with E-state index >= 15 is 0 Å². The first kappa shape index (κ1) is 14.6. The maximum absolute atomic E-state index is 5.94. The Morgan fingerprint density at radius 3 is 2.68 bits per heavy atom. The van der Waals surface area contributed by atoms with E-state index in [4.69, 9.17) is 11.6 Å². The van der Waals surface area contributed by atoms with Gasteiger partial charge in [0.25, 0.3) is 0 Å². The second kappa shape index (κ2) is 6.07. The number of rotatable bonds is 5. The third-order valence-corrected chi connectivity index (χ3v) is 4.61. The van der Waals surface area contributed by atoms with Gasteiger partial charge in [-0.1, -0.05) is 11.6 Å². The maximum atomic E-state index is 5.94. The summed E-state index contributed by atoms with van der Waals surface area (Å²) in [6.45, 7) is 10.3. The Hall–Kier alpha value is -0.840. The second-order valence-corrected chi connectivity index (χ2v) is 6.51. The highest BCUT2D eigenvalue weighted by molar-refractivity contribution is 7.16. The monoisotopic (exact) mass is 297 g/mol. The lowest BCUT2D eigenvalue weighted by molar-refractivity contribution is 0.570. The highest BCUT2D eigenvalue weighted by Gasteiger charge is 2.16.